The second-order valence-electron chi connectivity index (χ2n) is 9.07. The number of carbonyl (C=O) groups is 2. The van der Waals surface area contributed by atoms with E-state index in [9.17, 15) is 14.7 Å². The van der Waals surface area contributed by atoms with E-state index in [2.05, 4.69) is 4.90 Å². The van der Waals surface area contributed by atoms with Gasteiger partial charge in [-0.1, -0.05) is 29.8 Å². The molecule has 0 unspecified atom stereocenters. The van der Waals surface area contributed by atoms with Crippen molar-refractivity contribution in [2.45, 2.75) is 19.4 Å². The number of rotatable bonds is 6. The number of likely N-dealkylation sites (tertiary alicyclic amines) is 1. The molecule has 0 saturated carbocycles. The lowest BCUT2D eigenvalue weighted by Gasteiger charge is -2.29. The summed E-state index contributed by atoms with van der Waals surface area (Å²) in [6.07, 6.45) is 0.722. The van der Waals surface area contributed by atoms with E-state index < -0.39 is 17.7 Å². The number of aliphatic hydroxyl groups is 1. The van der Waals surface area contributed by atoms with Gasteiger partial charge in [0.2, 0.25) is 0 Å². The van der Waals surface area contributed by atoms with Crippen molar-refractivity contribution in [1.82, 2.24) is 9.80 Å². The summed E-state index contributed by atoms with van der Waals surface area (Å²) in [6.45, 7) is 7.24. The maximum absolute atomic E-state index is 13.2. The zero-order valence-corrected chi connectivity index (χ0v) is 19.9. The molecule has 2 aromatic rings. The molecule has 0 spiro atoms. The van der Waals surface area contributed by atoms with Gasteiger partial charge in [0.15, 0.2) is 11.5 Å². The molecule has 8 heteroatoms. The molecule has 1 atom stereocenters. The number of carbonyl (C=O) groups excluding carboxylic acids is 2. The number of benzene rings is 2. The third-order valence-electron chi connectivity index (χ3n) is 6.73. The molecule has 1 N–H and O–H groups in total. The Morgan fingerprint density at radius 1 is 0.943 bits per heavy atom. The Bertz CT molecular complexity index is 1140. The van der Waals surface area contributed by atoms with Gasteiger partial charge in [0.25, 0.3) is 11.7 Å². The number of hydrogen-bond acceptors (Lipinski definition) is 7. The highest BCUT2D eigenvalue weighted by Crippen LogP contribution is 2.41. The molecule has 2 fully saturated rings. The van der Waals surface area contributed by atoms with Crippen LogP contribution in [0.4, 0.5) is 0 Å². The number of morpholine rings is 1. The third-order valence-corrected chi connectivity index (χ3v) is 6.73. The molecule has 8 nitrogen and oxygen atoms in total. The first-order valence-corrected chi connectivity index (χ1v) is 12.1. The van der Waals surface area contributed by atoms with Crippen LogP contribution in [0.15, 0.2) is 48.0 Å². The lowest BCUT2D eigenvalue weighted by molar-refractivity contribution is -0.140. The Balaban J connectivity index is 1.48. The first-order valence-electron chi connectivity index (χ1n) is 12.1. The second-order valence-corrected chi connectivity index (χ2v) is 9.07. The lowest BCUT2D eigenvalue weighted by Crippen LogP contribution is -2.38. The molecule has 1 amide bonds. The average Bonchev–Trinajstić information content (AvgIpc) is 3.14. The number of Topliss-reactive ketones (excluding diaryl/α,β-unsaturated/α-hetero) is 1. The van der Waals surface area contributed by atoms with Crippen LogP contribution in [0.3, 0.4) is 0 Å². The smallest absolute Gasteiger partial charge is 0.295 e. The minimum absolute atomic E-state index is 0.0990. The fraction of sp³-hybridized carbons (Fsp3) is 0.407. The zero-order chi connectivity index (χ0) is 24.4. The molecule has 184 valence electrons. The monoisotopic (exact) mass is 478 g/mol. The van der Waals surface area contributed by atoms with Crippen molar-refractivity contribution in [2.75, 3.05) is 52.6 Å². The van der Waals surface area contributed by atoms with E-state index in [0.29, 0.717) is 50.0 Å². The summed E-state index contributed by atoms with van der Waals surface area (Å²) < 4.78 is 16.6. The van der Waals surface area contributed by atoms with E-state index in [1.807, 2.05) is 31.2 Å². The van der Waals surface area contributed by atoms with Crippen LogP contribution in [-0.4, -0.2) is 79.2 Å². The van der Waals surface area contributed by atoms with E-state index in [4.69, 9.17) is 14.2 Å². The largest absolute Gasteiger partial charge is 0.507 e. The number of ether oxygens (including phenoxy) is 3. The van der Waals surface area contributed by atoms with Crippen molar-refractivity contribution in [3.05, 3.63) is 64.7 Å². The van der Waals surface area contributed by atoms with E-state index in [1.165, 1.54) is 0 Å². The topological polar surface area (TPSA) is 88.5 Å². The molecule has 0 aromatic heterocycles. The average molecular weight is 479 g/mol. The molecule has 2 aromatic carbocycles. The number of hydrogen-bond donors (Lipinski definition) is 1. The second kappa shape index (κ2) is 10.1. The molecule has 3 aliphatic heterocycles. The van der Waals surface area contributed by atoms with Gasteiger partial charge in [-0.25, -0.2) is 0 Å². The molecule has 35 heavy (non-hydrogen) atoms. The molecular formula is C27H30N2O6. The van der Waals surface area contributed by atoms with E-state index in [0.717, 1.165) is 37.2 Å². The maximum Gasteiger partial charge on any atom is 0.295 e. The van der Waals surface area contributed by atoms with Gasteiger partial charge in [0.05, 0.1) is 24.8 Å². The highest BCUT2D eigenvalue weighted by atomic mass is 16.6. The lowest BCUT2D eigenvalue weighted by atomic mass is 9.94. The number of ketones is 1. The first-order chi connectivity index (χ1) is 17.0. The summed E-state index contributed by atoms with van der Waals surface area (Å²) in [5.74, 6) is -0.370. The molecular weight excluding hydrogens is 448 g/mol. The van der Waals surface area contributed by atoms with Crippen LogP contribution in [-0.2, 0) is 14.3 Å². The highest BCUT2D eigenvalue weighted by molar-refractivity contribution is 6.46. The van der Waals surface area contributed by atoms with Gasteiger partial charge in [-0.3, -0.25) is 14.5 Å². The number of nitrogens with zero attached hydrogens (tertiary/aromatic N) is 2. The Labute approximate surface area is 204 Å². The molecule has 0 radical (unpaired) electrons. The van der Waals surface area contributed by atoms with Gasteiger partial charge in [-0.15, -0.1) is 0 Å². The summed E-state index contributed by atoms with van der Waals surface area (Å²) in [7, 11) is 0. The fourth-order valence-electron chi connectivity index (χ4n) is 4.84. The normalized spacial score (nSPS) is 22.0. The van der Waals surface area contributed by atoms with Gasteiger partial charge < -0.3 is 24.2 Å². The predicted molar refractivity (Wildman–Crippen MR) is 129 cm³/mol. The minimum atomic E-state index is -0.672. The third kappa shape index (κ3) is 4.76. The molecule has 3 aliphatic rings. The Morgan fingerprint density at radius 3 is 2.40 bits per heavy atom. The summed E-state index contributed by atoms with van der Waals surface area (Å²) in [5.41, 5.74) is 2.38. The summed E-state index contributed by atoms with van der Waals surface area (Å²) in [5, 5.41) is 11.3. The van der Waals surface area contributed by atoms with Crippen molar-refractivity contribution >= 4 is 17.4 Å². The minimum Gasteiger partial charge on any atom is -0.507 e. The van der Waals surface area contributed by atoms with Gasteiger partial charge in [0, 0.05) is 31.7 Å². The van der Waals surface area contributed by atoms with E-state index in [-0.39, 0.29) is 11.3 Å². The van der Waals surface area contributed by atoms with Crippen molar-refractivity contribution in [2.24, 2.45) is 0 Å². The van der Waals surface area contributed by atoms with Crippen LogP contribution in [0.5, 0.6) is 11.5 Å². The number of aliphatic hydroxyl groups excluding tert-OH is 1. The maximum atomic E-state index is 13.2. The van der Waals surface area contributed by atoms with E-state index >= 15 is 0 Å². The SMILES string of the molecule is Cc1ccc([C@H]2C(=C(O)c3ccc4c(c3)OCCO4)C(=O)C(=O)N2CCCN2CCOCC2)cc1. The molecule has 0 bridgehead atoms. The highest BCUT2D eigenvalue weighted by Gasteiger charge is 2.45. The van der Waals surface area contributed by atoms with Crippen molar-refractivity contribution in [1.29, 1.82) is 0 Å². The Morgan fingerprint density at radius 2 is 1.66 bits per heavy atom. The fourth-order valence-corrected chi connectivity index (χ4v) is 4.84. The van der Waals surface area contributed by atoms with Crippen LogP contribution in [0.25, 0.3) is 5.76 Å². The molecule has 0 aliphatic carbocycles. The molecule has 2 saturated heterocycles. The number of amides is 1. The summed E-state index contributed by atoms with van der Waals surface area (Å²) in [6, 6.07) is 12.1. The Hall–Kier alpha value is -3.36. The predicted octanol–water partition coefficient (Wildman–Crippen LogP) is 2.91. The zero-order valence-electron chi connectivity index (χ0n) is 19.9. The van der Waals surface area contributed by atoms with Crippen molar-refractivity contribution < 1.29 is 28.9 Å². The molecule has 3 heterocycles. The summed E-state index contributed by atoms with van der Waals surface area (Å²) >= 11 is 0. The summed E-state index contributed by atoms with van der Waals surface area (Å²) in [4.78, 5) is 30.3. The van der Waals surface area contributed by atoms with Gasteiger partial charge in [-0.2, -0.15) is 0 Å². The van der Waals surface area contributed by atoms with Crippen LogP contribution in [0.1, 0.15) is 29.2 Å². The first kappa shape index (κ1) is 23.4. The van der Waals surface area contributed by atoms with Gasteiger partial charge >= 0.3 is 0 Å². The van der Waals surface area contributed by atoms with Crippen LogP contribution < -0.4 is 9.47 Å². The van der Waals surface area contributed by atoms with Crippen LogP contribution >= 0.6 is 0 Å². The van der Waals surface area contributed by atoms with Crippen LogP contribution in [0, 0.1) is 6.92 Å². The quantitative estimate of drug-likeness (QED) is 0.388. The Kier molecular flexibility index (Phi) is 6.74. The van der Waals surface area contributed by atoms with Gasteiger partial charge in [-0.05, 0) is 37.1 Å². The molecule has 5 rings (SSSR count). The standard InChI is InChI=1S/C27H30N2O6/c1-18-3-5-19(6-4-18)24-23(25(30)20-7-8-21-22(17-20)35-16-15-34-21)26(31)27(32)29(24)10-2-9-28-11-13-33-14-12-28/h3-8,17,24,30H,2,9-16H2,1H3/t24-/m0/s1. The van der Waals surface area contributed by atoms with Crippen molar-refractivity contribution in [3.63, 3.8) is 0 Å². The van der Waals surface area contributed by atoms with Crippen LogP contribution in [0.2, 0.25) is 0 Å². The number of aryl methyl sites for hydroxylation is 1. The van der Waals surface area contributed by atoms with Gasteiger partial charge in [0.1, 0.15) is 19.0 Å². The van der Waals surface area contributed by atoms with E-state index in [1.54, 1.807) is 23.1 Å². The number of fused-ring (bicyclic) bond motifs is 1. The van der Waals surface area contributed by atoms with Crippen molar-refractivity contribution in [3.8, 4) is 11.5 Å².